The second-order valence-electron chi connectivity index (χ2n) is 4.40. The molecule has 19 heavy (non-hydrogen) atoms. The molecule has 2 aromatic carbocycles. The molecule has 0 bridgehead atoms. The van der Waals surface area contributed by atoms with Gasteiger partial charge in [-0.3, -0.25) is 4.79 Å². The van der Waals surface area contributed by atoms with Gasteiger partial charge in [0.1, 0.15) is 0 Å². The first-order chi connectivity index (χ1) is 9.13. The number of amides is 1. The Hall–Kier alpha value is -1.61. The van der Waals surface area contributed by atoms with Crippen LogP contribution in [-0.4, -0.2) is 5.91 Å². The molecule has 0 heterocycles. The van der Waals surface area contributed by atoms with Gasteiger partial charge in [0.15, 0.2) is 0 Å². The third kappa shape index (κ3) is 3.04. The second-order valence-corrected chi connectivity index (χ2v) is 5.19. The van der Waals surface area contributed by atoms with Crippen molar-refractivity contribution in [1.29, 1.82) is 0 Å². The number of carbonyl (C=O) groups is 1. The van der Waals surface area contributed by atoms with Crippen LogP contribution in [0.3, 0.4) is 0 Å². The zero-order valence-corrected chi connectivity index (χ0v) is 12.6. The van der Waals surface area contributed by atoms with Gasteiger partial charge in [-0.1, -0.05) is 37.3 Å². The van der Waals surface area contributed by atoms with Crippen LogP contribution >= 0.6 is 15.9 Å². The molecule has 2 rings (SSSR count). The molecule has 0 fully saturated rings. The summed E-state index contributed by atoms with van der Waals surface area (Å²) in [6.45, 7) is 4.05. The van der Waals surface area contributed by atoms with Crippen LogP contribution < -0.4 is 5.32 Å². The van der Waals surface area contributed by atoms with E-state index >= 15 is 0 Å². The van der Waals surface area contributed by atoms with Crippen LogP contribution in [0.5, 0.6) is 0 Å². The Bertz CT molecular complexity index is 607. The first-order valence-corrected chi connectivity index (χ1v) is 7.07. The van der Waals surface area contributed by atoms with Gasteiger partial charge in [-0.2, -0.15) is 0 Å². The molecular formula is C16H16BrNO. The van der Waals surface area contributed by atoms with Crippen LogP contribution in [-0.2, 0) is 6.42 Å². The highest BCUT2D eigenvalue weighted by Crippen LogP contribution is 2.26. The average Bonchev–Trinajstić information content (AvgIpc) is 2.43. The first-order valence-electron chi connectivity index (χ1n) is 6.28. The Morgan fingerprint density at radius 2 is 1.89 bits per heavy atom. The molecule has 2 aromatic rings. The molecule has 0 aromatic heterocycles. The number of hydrogen-bond donors (Lipinski definition) is 1. The van der Waals surface area contributed by atoms with Crippen LogP contribution in [0.1, 0.15) is 28.4 Å². The monoisotopic (exact) mass is 317 g/mol. The first kappa shape index (κ1) is 13.8. The van der Waals surface area contributed by atoms with Crippen molar-refractivity contribution in [2.45, 2.75) is 20.3 Å². The van der Waals surface area contributed by atoms with E-state index in [0.717, 1.165) is 33.3 Å². The van der Waals surface area contributed by atoms with E-state index in [1.807, 2.05) is 49.4 Å². The summed E-state index contributed by atoms with van der Waals surface area (Å²) < 4.78 is 0.928. The highest BCUT2D eigenvalue weighted by Gasteiger charge is 2.11. The van der Waals surface area contributed by atoms with E-state index in [4.69, 9.17) is 0 Å². The van der Waals surface area contributed by atoms with E-state index in [2.05, 4.69) is 28.2 Å². The fourth-order valence-electron chi connectivity index (χ4n) is 1.98. The molecule has 0 atom stereocenters. The molecule has 0 unspecified atom stereocenters. The molecule has 0 radical (unpaired) electrons. The number of nitrogens with one attached hydrogen (secondary N) is 1. The van der Waals surface area contributed by atoms with Crippen LogP contribution in [0.15, 0.2) is 46.9 Å². The minimum absolute atomic E-state index is 0.0660. The summed E-state index contributed by atoms with van der Waals surface area (Å²) in [7, 11) is 0. The lowest BCUT2D eigenvalue weighted by Gasteiger charge is -2.11. The molecule has 3 heteroatoms. The number of aryl methyl sites for hydroxylation is 2. The zero-order chi connectivity index (χ0) is 13.8. The maximum atomic E-state index is 12.3. The summed E-state index contributed by atoms with van der Waals surface area (Å²) in [5, 5.41) is 2.96. The summed E-state index contributed by atoms with van der Waals surface area (Å²) in [5.41, 5.74) is 3.69. The van der Waals surface area contributed by atoms with Crippen molar-refractivity contribution in [3.63, 3.8) is 0 Å². The minimum atomic E-state index is -0.0660. The van der Waals surface area contributed by atoms with Crippen LogP contribution in [0, 0.1) is 6.92 Å². The van der Waals surface area contributed by atoms with Crippen molar-refractivity contribution in [3.05, 3.63) is 63.6 Å². The molecule has 0 saturated carbocycles. The Balaban J connectivity index is 2.28. The molecule has 0 aliphatic carbocycles. The van der Waals surface area contributed by atoms with Crippen LogP contribution in [0.2, 0.25) is 0 Å². The lowest BCUT2D eigenvalue weighted by Crippen LogP contribution is -2.14. The SMILES string of the molecule is CCc1ccccc1C(=O)Nc1cccc(C)c1Br. The average molecular weight is 318 g/mol. The number of benzene rings is 2. The van der Waals surface area contributed by atoms with Gasteiger partial charge >= 0.3 is 0 Å². The minimum Gasteiger partial charge on any atom is -0.321 e. The van der Waals surface area contributed by atoms with Crippen molar-refractivity contribution in [3.8, 4) is 0 Å². The predicted octanol–water partition coefficient (Wildman–Crippen LogP) is 4.57. The Kier molecular flexibility index (Phi) is 4.38. The van der Waals surface area contributed by atoms with Gasteiger partial charge in [0.05, 0.1) is 5.69 Å². The van der Waals surface area contributed by atoms with Gasteiger partial charge in [0, 0.05) is 10.0 Å². The van der Waals surface area contributed by atoms with E-state index in [9.17, 15) is 4.79 Å². The van der Waals surface area contributed by atoms with Crippen LogP contribution in [0.4, 0.5) is 5.69 Å². The fraction of sp³-hybridized carbons (Fsp3) is 0.188. The number of hydrogen-bond acceptors (Lipinski definition) is 1. The molecule has 0 aliphatic heterocycles. The summed E-state index contributed by atoms with van der Waals surface area (Å²) in [6.07, 6.45) is 0.846. The normalized spacial score (nSPS) is 10.3. The molecule has 98 valence electrons. The van der Waals surface area contributed by atoms with E-state index in [-0.39, 0.29) is 5.91 Å². The van der Waals surface area contributed by atoms with E-state index < -0.39 is 0 Å². The van der Waals surface area contributed by atoms with Crippen molar-refractivity contribution >= 4 is 27.5 Å². The highest BCUT2D eigenvalue weighted by atomic mass is 79.9. The van der Waals surface area contributed by atoms with Crippen molar-refractivity contribution in [1.82, 2.24) is 0 Å². The van der Waals surface area contributed by atoms with E-state index in [1.165, 1.54) is 0 Å². The summed E-state index contributed by atoms with van der Waals surface area (Å²) in [6, 6.07) is 13.5. The van der Waals surface area contributed by atoms with Gasteiger partial charge in [-0.25, -0.2) is 0 Å². The van der Waals surface area contributed by atoms with Crippen molar-refractivity contribution in [2.24, 2.45) is 0 Å². The maximum absolute atomic E-state index is 12.3. The van der Waals surface area contributed by atoms with E-state index in [0.29, 0.717) is 0 Å². The summed E-state index contributed by atoms with van der Waals surface area (Å²) in [5.74, 6) is -0.0660. The number of halogens is 1. The molecule has 0 spiro atoms. The quantitative estimate of drug-likeness (QED) is 0.882. The number of rotatable bonds is 3. The van der Waals surface area contributed by atoms with Gasteiger partial charge in [0.25, 0.3) is 5.91 Å². The molecule has 1 N–H and O–H groups in total. The molecule has 2 nitrogen and oxygen atoms in total. The fourth-order valence-corrected chi connectivity index (χ4v) is 2.35. The maximum Gasteiger partial charge on any atom is 0.255 e. The van der Waals surface area contributed by atoms with Crippen molar-refractivity contribution < 1.29 is 4.79 Å². The summed E-state index contributed by atoms with van der Waals surface area (Å²) in [4.78, 5) is 12.3. The third-order valence-corrected chi connectivity index (χ3v) is 4.14. The van der Waals surface area contributed by atoms with Crippen molar-refractivity contribution in [2.75, 3.05) is 5.32 Å². The standard InChI is InChI=1S/C16H16BrNO/c1-3-12-8-4-5-9-13(12)16(19)18-14-10-6-7-11(2)15(14)17/h4-10H,3H2,1-2H3,(H,18,19). The van der Waals surface area contributed by atoms with Gasteiger partial charge < -0.3 is 5.32 Å². The second kappa shape index (κ2) is 6.02. The lowest BCUT2D eigenvalue weighted by atomic mass is 10.0. The number of anilines is 1. The van der Waals surface area contributed by atoms with Gasteiger partial charge in [-0.15, -0.1) is 0 Å². The third-order valence-electron chi connectivity index (χ3n) is 3.08. The molecular weight excluding hydrogens is 302 g/mol. The lowest BCUT2D eigenvalue weighted by molar-refractivity contribution is 0.102. The predicted molar refractivity (Wildman–Crippen MR) is 82.7 cm³/mol. The Morgan fingerprint density at radius 3 is 2.63 bits per heavy atom. The Labute approximate surface area is 122 Å². The topological polar surface area (TPSA) is 29.1 Å². The molecule has 0 saturated heterocycles. The van der Waals surface area contributed by atoms with Gasteiger partial charge in [0.2, 0.25) is 0 Å². The van der Waals surface area contributed by atoms with Crippen LogP contribution in [0.25, 0.3) is 0 Å². The summed E-state index contributed by atoms with van der Waals surface area (Å²) >= 11 is 3.50. The largest absolute Gasteiger partial charge is 0.321 e. The zero-order valence-electron chi connectivity index (χ0n) is 11.0. The van der Waals surface area contributed by atoms with E-state index in [1.54, 1.807) is 0 Å². The molecule has 1 amide bonds. The smallest absolute Gasteiger partial charge is 0.255 e. The number of carbonyl (C=O) groups excluding carboxylic acids is 1. The van der Waals surface area contributed by atoms with Gasteiger partial charge in [-0.05, 0) is 52.5 Å². The Morgan fingerprint density at radius 1 is 1.16 bits per heavy atom. The highest BCUT2D eigenvalue weighted by molar-refractivity contribution is 9.10. The molecule has 0 aliphatic rings.